The first kappa shape index (κ1) is 12.6. The van der Waals surface area contributed by atoms with Gasteiger partial charge in [0, 0.05) is 18.7 Å². The molecule has 0 amide bonds. The molecule has 2 rings (SSSR count). The van der Waals surface area contributed by atoms with Gasteiger partial charge in [-0.1, -0.05) is 12.1 Å². The maximum Gasteiger partial charge on any atom is 0.248 e. The number of aryl methyl sites for hydroxylation is 1. The Morgan fingerprint density at radius 1 is 1.39 bits per heavy atom. The fourth-order valence-corrected chi connectivity index (χ4v) is 1.59. The molecular formula is C12H19N5O. The summed E-state index contributed by atoms with van der Waals surface area (Å²) >= 11 is 0. The van der Waals surface area contributed by atoms with Crippen molar-refractivity contribution in [1.82, 2.24) is 19.9 Å². The van der Waals surface area contributed by atoms with Gasteiger partial charge in [0.1, 0.15) is 6.04 Å². The molecule has 0 saturated heterocycles. The van der Waals surface area contributed by atoms with Crippen molar-refractivity contribution in [3.8, 4) is 0 Å². The van der Waals surface area contributed by atoms with E-state index in [-0.39, 0.29) is 6.04 Å². The van der Waals surface area contributed by atoms with Crippen LogP contribution in [0.5, 0.6) is 0 Å². The predicted molar refractivity (Wildman–Crippen MR) is 68.3 cm³/mol. The van der Waals surface area contributed by atoms with Gasteiger partial charge in [0.25, 0.3) is 0 Å². The molecule has 6 nitrogen and oxygen atoms in total. The van der Waals surface area contributed by atoms with Gasteiger partial charge in [-0.3, -0.25) is 4.68 Å². The number of anilines is 1. The van der Waals surface area contributed by atoms with E-state index < -0.39 is 0 Å². The molecule has 2 aromatic heterocycles. The Kier molecular flexibility index (Phi) is 3.64. The number of hydrogen-bond donors (Lipinski definition) is 1. The summed E-state index contributed by atoms with van der Waals surface area (Å²) in [4.78, 5) is 4.30. The van der Waals surface area contributed by atoms with Crippen LogP contribution in [-0.4, -0.2) is 19.9 Å². The Bertz CT molecular complexity index is 502. The van der Waals surface area contributed by atoms with E-state index in [4.69, 9.17) is 4.52 Å². The number of hydrogen-bond acceptors (Lipinski definition) is 5. The SMILES string of the molecule is CCc1noc([C@@H](C)Nc2cnn(C(C)C)c2)n1. The van der Waals surface area contributed by atoms with Crippen molar-refractivity contribution < 1.29 is 4.52 Å². The van der Waals surface area contributed by atoms with Crippen LogP contribution in [0.3, 0.4) is 0 Å². The van der Waals surface area contributed by atoms with Crippen molar-refractivity contribution in [2.45, 2.75) is 46.2 Å². The molecule has 0 radical (unpaired) electrons. The zero-order chi connectivity index (χ0) is 13.1. The number of nitrogens with zero attached hydrogens (tertiary/aromatic N) is 4. The van der Waals surface area contributed by atoms with E-state index >= 15 is 0 Å². The molecule has 1 N–H and O–H groups in total. The summed E-state index contributed by atoms with van der Waals surface area (Å²) in [6.07, 6.45) is 4.55. The van der Waals surface area contributed by atoms with Gasteiger partial charge in [-0.25, -0.2) is 0 Å². The van der Waals surface area contributed by atoms with Gasteiger partial charge in [0.05, 0.1) is 11.9 Å². The fourth-order valence-electron chi connectivity index (χ4n) is 1.59. The molecule has 6 heteroatoms. The lowest BCUT2D eigenvalue weighted by Gasteiger charge is -2.08. The Balaban J connectivity index is 2.03. The molecule has 98 valence electrons. The second kappa shape index (κ2) is 5.20. The highest BCUT2D eigenvalue weighted by molar-refractivity contribution is 5.39. The molecule has 1 atom stereocenters. The first-order valence-corrected chi connectivity index (χ1v) is 6.23. The van der Waals surface area contributed by atoms with Crippen LogP contribution in [0.2, 0.25) is 0 Å². The minimum absolute atomic E-state index is 0.0254. The molecule has 2 heterocycles. The van der Waals surface area contributed by atoms with Gasteiger partial charge in [-0.05, 0) is 20.8 Å². The van der Waals surface area contributed by atoms with Crippen molar-refractivity contribution >= 4 is 5.69 Å². The summed E-state index contributed by atoms with van der Waals surface area (Å²) in [5.41, 5.74) is 0.951. The minimum Gasteiger partial charge on any atom is -0.371 e. The van der Waals surface area contributed by atoms with Crippen LogP contribution < -0.4 is 5.32 Å². The van der Waals surface area contributed by atoms with Gasteiger partial charge >= 0.3 is 0 Å². The average Bonchev–Trinajstić information content (AvgIpc) is 2.96. The first-order chi connectivity index (χ1) is 8.60. The third-order valence-electron chi connectivity index (χ3n) is 2.68. The standard InChI is InChI=1S/C12H19N5O/c1-5-11-15-12(18-16-11)9(4)14-10-6-13-17(7-10)8(2)3/h6-9,14H,5H2,1-4H3/t9-/m1/s1. The minimum atomic E-state index is -0.0254. The molecular weight excluding hydrogens is 230 g/mol. The van der Waals surface area contributed by atoms with Gasteiger partial charge in [-0.2, -0.15) is 10.1 Å². The Morgan fingerprint density at radius 2 is 2.17 bits per heavy atom. The summed E-state index contributed by atoms with van der Waals surface area (Å²) < 4.78 is 7.10. The van der Waals surface area contributed by atoms with Crippen molar-refractivity contribution in [3.63, 3.8) is 0 Å². The first-order valence-electron chi connectivity index (χ1n) is 6.23. The molecule has 0 bridgehead atoms. The molecule has 0 aliphatic rings. The Labute approximate surface area is 106 Å². The Hall–Kier alpha value is -1.85. The summed E-state index contributed by atoms with van der Waals surface area (Å²) in [6.45, 7) is 8.16. The van der Waals surface area contributed by atoms with E-state index in [0.29, 0.717) is 11.9 Å². The second-order valence-electron chi connectivity index (χ2n) is 4.57. The van der Waals surface area contributed by atoms with Crippen LogP contribution in [0, 0.1) is 0 Å². The summed E-state index contributed by atoms with van der Waals surface area (Å²) in [6, 6.07) is 0.327. The molecule has 18 heavy (non-hydrogen) atoms. The van der Waals surface area contributed by atoms with Crippen LogP contribution in [-0.2, 0) is 6.42 Å². The normalized spacial score (nSPS) is 12.9. The van der Waals surface area contributed by atoms with Gasteiger partial charge in [0.2, 0.25) is 5.89 Å². The third-order valence-corrected chi connectivity index (χ3v) is 2.68. The van der Waals surface area contributed by atoms with E-state index in [1.807, 2.05) is 24.7 Å². The highest BCUT2D eigenvalue weighted by Crippen LogP contribution is 2.18. The van der Waals surface area contributed by atoms with Gasteiger partial charge in [0.15, 0.2) is 5.82 Å². The maximum atomic E-state index is 5.19. The third kappa shape index (κ3) is 2.69. The lowest BCUT2D eigenvalue weighted by Crippen LogP contribution is -2.06. The van der Waals surface area contributed by atoms with E-state index in [1.165, 1.54) is 0 Å². The maximum absolute atomic E-state index is 5.19. The molecule has 0 unspecified atom stereocenters. The molecule has 0 fully saturated rings. The van der Waals surface area contributed by atoms with E-state index in [0.717, 1.165) is 17.9 Å². The summed E-state index contributed by atoms with van der Waals surface area (Å²) in [5.74, 6) is 1.33. The monoisotopic (exact) mass is 249 g/mol. The smallest absolute Gasteiger partial charge is 0.248 e. The Morgan fingerprint density at radius 3 is 2.72 bits per heavy atom. The molecule has 0 aromatic carbocycles. The molecule has 2 aromatic rings. The fraction of sp³-hybridized carbons (Fsp3) is 0.583. The van der Waals surface area contributed by atoms with Crippen molar-refractivity contribution in [2.24, 2.45) is 0 Å². The number of nitrogens with one attached hydrogen (secondary N) is 1. The zero-order valence-corrected chi connectivity index (χ0v) is 11.2. The molecule has 0 spiro atoms. The lowest BCUT2D eigenvalue weighted by atomic mass is 10.3. The number of rotatable bonds is 5. The highest BCUT2D eigenvalue weighted by Gasteiger charge is 2.14. The van der Waals surface area contributed by atoms with E-state index in [1.54, 1.807) is 6.20 Å². The second-order valence-corrected chi connectivity index (χ2v) is 4.57. The summed E-state index contributed by atoms with van der Waals surface area (Å²) in [5, 5.41) is 11.4. The van der Waals surface area contributed by atoms with Crippen LogP contribution >= 0.6 is 0 Å². The van der Waals surface area contributed by atoms with Crippen LogP contribution in [0.25, 0.3) is 0 Å². The van der Waals surface area contributed by atoms with Crippen LogP contribution in [0.4, 0.5) is 5.69 Å². The molecule has 0 aliphatic heterocycles. The molecule has 0 aliphatic carbocycles. The van der Waals surface area contributed by atoms with Gasteiger partial charge < -0.3 is 9.84 Å². The van der Waals surface area contributed by atoms with Crippen molar-refractivity contribution in [2.75, 3.05) is 5.32 Å². The van der Waals surface area contributed by atoms with Crippen LogP contribution in [0.1, 0.15) is 51.5 Å². The number of aromatic nitrogens is 4. The highest BCUT2D eigenvalue weighted by atomic mass is 16.5. The zero-order valence-electron chi connectivity index (χ0n) is 11.2. The molecule has 0 saturated carbocycles. The lowest BCUT2D eigenvalue weighted by molar-refractivity contribution is 0.363. The van der Waals surface area contributed by atoms with Crippen molar-refractivity contribution in [3.05, 3.63) is 24.1 Å². The largest absolute Gasteiger partial charge is 0.371 e. The van der Waals surface area contributed by atoms with E-state index in [9.17, 15) is 0 Å². The quantitative estimate of drug-likeness (QED) is 0.882. The van der Waals surface area contributed by atoms with E-state index in [2.05, 4.69) is 34.4 Å². The average molecular weight is 249 g/mol. The predicted octanol–water partition coefficient (Wildman–Crippen LogP) is 2.58. The van der Waals surface area contributed by atoms with Crippen molar-refractivity contribution in [1.29, 1.82) is 0 Å². The van der Waals surface area contributed by atoms with Crippen LogP contribution in [0.15, 0.2) is 16.9 Å². The van der Waals surface area contributed by atoms with Gasteiger partial charge in [-0.15, -0.1) is 0 Å². The summed E-state index contributed by atoms with van der Waals surface area (Å²) in [7, 11) is 0. The topological polar surface area (TPSA) is 68.8 Å².